The van der Waals surface area contributed by atoms with Crippen LogP contribution in [0.5, 0.6) is 11.6 Å². The zero-order valence-corrected chi connectivity index (χ0v) is 8.33. The van der Waals surface area contributed by atoms with Crippen molar-refractivity contribution in [3.8, 4) is 11.6 Å². The molecule has 5 nitrogen and oxygen atoms in total. The minimum atomic E-state index is -0.668. The Morgan fingerprint density at radius 3 is 2.50 bits per heavy atom. The highest BCUT2D eigenvalue weighted by atomic mass is 16.5. The lowest BCUT2D eigenvalue weighted by molar-refractivity contribution is 0.0992. The van der Waals surface area contributed by atoms with Gasteiger partial charge in [0.25, 0.3) is 11.8 Å². The third-order valence-electron chi connectivity index (χ3n) is 1.86. The van der Waals surface area contributed by atoms with Gasteiger partial charge in [-0.1, -0.05) is 18.2 Å². The first-order valence-corrected chi connectivity index (χ1v) is 4.61. The highest BCUT2D eigenvalue weighted by Crippen LogP contribution is 2.20. The van der Waals surface area contributed by atoms with Crippen LogP contribution in [0.1, 0.15) is 10.5 Å². The maximum atomic E-state index is 11.1. The Labute approximate surface area is 91.9 Å². The van der Waals surface area contributed by atoms with E-state index in [1.165, 1.54) is 12.4 Å². The third kappa shape index (κ3) is 2.14. The zero-order valence-electron chi connectivity index (χ0n) is 8.33. The lowest BCUT2D eigenvalue weighted by Gasteiger charge is -2.05. The summed E-state index contributed by atoms with van der Waals surface area (Å²) in [6.45, 7) is 0. The van der Waals surface area contributed by atoms with Crippen LogP contribution < -0.4 is 10.5 Å². The minimum Gasteiger partial charge on any atom is -0.437 e. The fraction of sp³-hybridized carbons (Fsp3) is 0. The van der Waals surface area contributed by atoms with E-state index < -0.39 is 5.91 Å². The number of amides is 1. The first-order chi connectivity index (χ1) is 7.77. The number of aromatic nitrogens is 2. The number of ether oxygens (including phenoxy) is 1. The molecule has 1 aromatic carbocycles. The van der Waals surface area contributed by atoms with Gasteiger partial charge in [-0.15, -0.1) is 0 Å². The Kier molecular flexibility index (Phi) is 2.77. The van der Waals surface area contributed by atoms with E-state index in [0.717, 1.165) is 0 Å². The molecule has 0 spiro atoms. The normalized spacial score (nSPS) is 9.75. The SMILES string of the molecule is NC(=O)c1nccnc1Oc1ccccc1. The molecule has 1 amide bonds. The van der Waals surface area contributed by atoms with Crippen LogP contribution in [0.25, 0.3) is 0 Å². The van der Waals surface area contributed by atoms with Crippen molar-refractivity contribution in [2.75, 3.05) is 0 Å². The van der Waals surface area contributed by atoms with Crippen molar-refractivity contribution in [2.24, 2.45) is 5.73 Å². The van der Waals surface area contributed by atoms with Gasteiger partial charge in [0.1, 0.15) is 5.75 Å². The number of hydrogen-bond donors (Lipinski definition) is 1. The molecule has 0 atom stereocenters. The number of carbonyl (C=O) groups is 1. The maximum absolute atomic E-state index is 11.1. The summed E-state index contributed by atoms with van der Waals surface area (Å²) in [5.74, 6) is 0.0192. The van der Waals surface area contributed by atoms with Crippen LogP contribution in [-0.2, 0) is 0 Å². The number of hydrogen-bond acceptors (Lipinski definition) is 4. The average Bonchev–Trinajstić information content (AvgIpc) is 2.31. The van der Waals surface area contributed by atoms with E-state index in [2.05, 4.69) is 9.97 Å². The van der Waals surface area contributed by atoms with Gasteiger partial charge in [-0.05, 0) is 12.1 Å². The van der Waals surface area contributed by atoms with E-state index in [1.54, 1.807) is 12.1 Å². The molecule has 0 saturated heterocycles. The van der Waals surface area contributed by atoms with Crippen LogP contribution in [-0.4, -0.2) is 15.9 Å². The molecule has 16 heavy (non-hydrogen) atoms. The molecule has 5 heteroatoms. The molecule has 0 aliphatic heterocycles. The number of nitrogens with two attached hydrogens (primary N) is 1. The van der Waals surface area contributed by atoms with Crippen LogP contribution >= 0.6 is 0 Å². The number of carbonyl (C=O) groups excluding carboxylic acids is 1. The Morgan fingerprint density at radius 1 is 1.12 bits per heavy atom. The first kappa shape index (κ1) is 10.1. The van der Waals surface area contributed by atoms with E-state index in [-0.39, 0.29) is 11.6 Å². The van der Waals surface area contributed by atoms with Gasteiger partial charge >= 0.3 is 0 Å². The monoisotopic (exact) mass is 215 g/mol. The fourth-order valence-corrected chi connectivity index (χ4v) is 1.17. The molecular formula is C11H9N3O2. The summed E-state index contributed by atoms with van der Waals surface area (Å²) in [7, 11) is 0. The van der Waals surface area contributed by atoms with Gasteiger partial charge in [0.2, 0.25) is 0 Å². The molecule has 0 aliphatic rings. The quantitative estimate of drug-likeness (QED) is 0.838. The van der Waals surface area contributed by atoms with Gasteiger partial charge in [-0.25, -0.2) is 9.97 Å². The summed E-state index contributed by atoms with van der Waals surface area (Å²) in [5.41, 5.74) is 5.17. The molecule has 0 radical (unpaired) electrons. The second-order valence-electron chi connectivity index (χ2n) is 2.99. The Balaban J connectivity index is 2.31. The molecule has 0 unspecified atom stereocenters. The van der Waals surface area contributed by atoms with Crippen molar-refractivity contribution in [1.82, 2.24) is 9.97 Å². The van der Waals surface area contributed by atoms with Crippen LogP contribution in [0.2, 0.25) is 0 Å². The molecule has 1 aromatic heterocycles. The third-order valence-corrected chi connectivity index (χ3v) is 1.86. The van der Waals surface area contributed by atoms with E-state index in [9.17, 15) is 4.79 Å². The number of primary amides is 1. The number of benzene rings is 1. The highest BCUT2D eigenvalue weighted by Gasteiger charge is 2.12. The molecule has 1 heterocycles. The molecule has 0 fully saturated rings. The molecule has 2 aromatic rings. The molecule has 2 rings (SSSR count). The minimum absolute atomic E-state index is 0.0198. The lowest BCUT2D eigenvalue weighted by Crippen LogP contribution is -2.14. The Bertz CT molecular complexity index is 500. The second-order valence-corrected chi connectivity index (χ2v) is 2.99. The van der Waals surface area contributed by atoms with Crippen LogP contribution in [0.3, 0.4) is 0 Å². The van der Waals surface area contributed by atoms with Gasteiger partial charge in [0.05, 0.1) is 0 Å². The Morgan fingerprint density at radius 2 is 1.81 bits per heavy atom. The molecule has 0 bridgehead atoms. The summed E-state index contributed by atoms with van der Waals surface area (Å²) in [5, 5.41) is 0. The summed E-state index contributed by atoms with van der Waals surface area (Å²) in [4.78, 5) is 18.8. The summed E-state index contributed by atoms with van der Waals surface area (Å²) in [6.07, 6.45) is 2.82. The number of nitrogens with zero attached hydrogens (tertiary/aromatic N) is 2. The fourth-order valence-electron chi connectivity index (χ4n) is 1.17. The first-order valence-electron chi connectivity index (χ1n) is 4.61. The van der Waals surface area contributed by atoms with Crippen molar-refractivity contribution < 1.29 is 9.53 Å². The van der Waals surface area contributed by atoms with E-state index in [4.69, 9.17) is 10.5 Å². The van der Waals surface area contributed by atoms with Crippen LogP contribution in [0.4, 0.5) is 0 Å². The molecule has 0 aliphatic carbocycles. The smallest absolute Gasteiger partial charge is 0.272 e. The van der Waals surface area contributed by atoms with Crippen LogP contribution in [0.15, 0.2) is 42.7 Å². The summed E-state index contributed by atoms with van der Waals surface area (Å²) >= 11 is 0. The molecule has 80 valence electrons. The van der Waals surface area contributed by atoms with Gasteiger partial charge in [0.15, 0.2) is 5.69 Å². The largest absolute Gasteiger partial charge is 0.437 e. The van der Waals surface area contributed by atoms with Gasteiger partial charge in [-0.3, -0.25) is 4.79 Å². The summed E-state index contributed by atoms with van der Waals surface area (Å²) in [6, 6.07) is 8.99. The van der Waals surface area contributed by atoms with Crippen molar-refractivity contribution in [3.05, 3.63) is 48.4 Å². The molecular weight excluding hydrogens is 206 g/mol. The van der Waals surface area contributed by atoms with Gasteiger partial charge in [0, 0.05) is 12.4 Å². The topological polar surface area (TPSA) is 78.1 Å². The standard InChI is InChI=1S/C11H9N3O2/c12-10(15)9-11(14-7-6-13-9)16-8-4-2-1-3-5-8/h1-7H,(H2,12,15). The molecule has 0 saturated carbocycles. The van der Waals surface area contributed by atoms with Crippen molar-refractivity contribution in [1.29, 1.82) is 0 Å². The van der Waals surface area contributed by atoms with E-state index in [1.807, 2.05) is 18.2 Å². The predicted molar refractivity (Wildman–Crippen MR) is 57.1 cm³/mol. The van der Waals surface area contributed by atoms with E-state index in [0.29, 0.717) is 5.75 Å². The van der Waals surface area contributed by atoms with Crippen LogP contribution in [0, 0.1) is 0 Å². The Hall–Kier alpha value is -2.43. The molecule has 2 N–H and O–H groups in total. The number of para-hydroxylation sites is 1. The van der Waals surface area contributed by atoms with Crippen molar-refractivity contribution in [3.63, 3.8) is 0 Å². The number of rotatable bonds is 3. The lowest BCUT2D eigenvalue weighted by atomic mass is 10.3. The summed E-state index contributed by atoms with van der Waals surface area (Å²) < 4.78 is 5.40. The highest BCUT2D eigenvalue weighted by molar-refractivity contribution is 5.92. The van der Waals surface area contributed by atoms with Crippen molar-refractivity contribution >= 4 is 5.91 Å². The van der Waals surface area contributed by atoms with E-state index >= 15 is 0 Å². The van der Waals surface area contributed by atoms with Gasteiger partial charge < -0.3 is 10.5 Å². The maximum Gasteiger partial charge on any atom is 0.272 e. The zero-order chi connectivity index (χ0) is 11.4. The predicted octanol–water partition coefficient (Wildman–Crippen LogP) is 1.37. The van der Waals surface area contributed by atoms with Gasteiger partial charge in [-0.2, -0.15) is 0 Å². The second kappa shape index (κ2) is 4.39. The van der Waals surface area contributed by atoms with Crippen molar-refractivity contribution in [2.45, 2.75) is 0 Å². The average molecular weight is 215 g/mol.